The van der Waals surface area contributed by atoms with E-state index < -0.39 is 10.3 Å². The van der Waals surface area contributed by atoms with Gasteiger partial charge in [-0.2, -0.15) is 0 Å². The summed E-state index contributed by atoms with van der Waals surface area (Å²) < 4.78 is 5.05. The predicted molar refractivity (Wildman–Crippen MR) is 74.0 cm³/mol. The standard InChI is InChI=1S/C13H15N3O5/c1-13(6-11(17)14-7-13)12(18)15-9-4-3-8(16(19)20)5-10(9)21-2/h3-5H,6-7H2,1-2H3,(H,14,17)(H,15,18). The summed E-state index contributed by atoms with van der Waals surface area (Å²) in [6, 6.07) is 3.91. The van der Waals surface area contributed by atoms with E-state index in [1.165, 1.54) is 25.3 Å². The fraction of sp³-hybridized carbons (Fsp3) is 0.385. The normalized spacial score (nSPS) is 20.8. The van der Waals surface area contributed by atoms with Gasteiger partial charge in [-0.05, 0) is 13.0 Å². The van der Waals surface area contributed by atoms with Crippen LogP contribution in [0.25, 0.3) is 0 Å². The Morgan fingerprint density at radius 3 is 2.76 bits per heavy atom. The van der Waals surface area contributed by atoms with Crippen LogP contribution in [0.3, 0.4) is 0 Å². The Balaban J connectivity index is 2.21. The lowest BCUT2D eigenvalue weighted by Gasteiger charge is -2.21. The van der Waals surface area contributed by atoms with Gasteiger partial charge in [0.2, 0.25) is 11.8 Å². The third-order valence-electron chi connectivity index (χ3n) is 3.42. The number of rotatable bonds is 4. The van der Waals surface area contributed by atoms with Crippen molar-refractivity contribution in [2.24, 2.45) is 5.41 Å². The second kappa shape index (κ2) is 5.39. The van der Waals surface area contributed by atoms with Crippen LogP contribution < -0.4 is 15.4 Å². The predicted octanol–water partition coefficient (Wildman–Crippen LogP) is 1.07. The maximum Gasteiger partial charge on any atom is 0.273 e. The minimum atomic E-state index is -0.843. The molecule has 0 saturated carbocycles. The van der Waals surface area contributed by atoms with Gasteiger partial charge in [-0.3, -0.25) is 19.7 Å². The highest BCUT2D eigenvalue weighted by Crippen LogP contribution is 2.32. The van der Waals surface area contributed by atoms with Gasteiger partial charge in [0.25, 0.3) is 5.69 Å². The van der Waals surface area contributed by atoms with Gasteiger partial charge >= 0.3 is 0 Å². The number of carbonyl (C=O) groups excluding carboxylic acids is 2. The van der Waals surface area contributed by atoms with Crippen LogP contribution in [0.2, 0.25) is 0 Å². The third-order valence-corrected chi connectivity index (χ3v) is 3.42. The molecule has 1 atom stereocenters. The first-order valence-electron chi connectivity index (χ1n) is 6.26. The number of hydrogen-bond donors (Lipinski definition) is 2. The summed E-state index contributed by atoms with van der Waals surface area (Å²) >= 11 is 0. The number of benzene rings is 1. The van der Waals surface area contributed by atoms with E-state index >= 15 is 0 Å². The molecule has 8 heteroatoms. The summed E-state index contributed by atoms with van der Waals surface area (Å²) in [6.07, 6.45) is 0.105. The molecular weight excluding hydrogens is 278 g/mol. The average Bonchev–Trinajstić information content (AvgIpc) is 2.80. The third kappa shape index (κ3) is 2.93. The number of anilines is 1. The van der Waals surface area contributed by atoms with Gasteiger partial charge in [-0.15, -0.1) is 0 Å². The number of amides is 2. The van der Waals surface area contributed by atoms with E-state index in [2.05, 4.69) is 10.6 Å². The lowest BCUT2D eigenvalue weighted by Crippen LogP contribution is -2.35. The lowest BCUT2D eigenvalue weighted by molar-refractivity contribution is -0.384. The molecule has 1 fully saturated rings. The van der Waals surface area contributed by atoms with Gasteiger partial charge in [0.1, 0.15) is 5.75 Å². The summed E-state index contributed by atoms with van der Waals surface area (Å²) in [4.78, 5) is 33.7. The Bertz CT molecular complexity index is 616. The van der Waals surface area contributed by atoms with Crippen molar-refractivity contribution in [2.45, 2.75) is 13.3 Å². The van der Waals surface area contributed by atoms with Crippen molar-refractivity contribution in [2.75, 3.05) is 19.0 Å². The lowest BCUT2D eigenvalue weighted by atomic mass is 9.88. The maximum absolute atomic E-state index is 12.3. The van der Waals surface area contributed by atoms with Crippen molar-refractivity contribution < 1.29 is 19.2 Å². The molecule has 1 aliphatic rings. The molecule has 1 unspecified atom stereocenters. The summed E-state index contributed by atoms with van der Waals surface area (Å²) in [7, 11) is 1.36. The first-order chi connectivity index (χ1) is 9.85. The van der Waals surface area contributed by atoms with Crippen molar-refractivity contribution in [3.63, 3.8) is 0 Å². The first-order valence-corrected chi connectivity index (χ1v) is 6.26. The number of ether oxygens (including phenoxy) is 1. The molecule has 0 aromatic heterocycles. The topological polar surface area (TPSA) is 111 Å². The van der Waals surface area contributed by atoms with Gasteiger partial charge in [0.15, 0.2) is 0 Å². The smallest absolute Gasteiger partial charge is 0.273 e. The summed E-state index contributed by atoms with van der Waals surface area (Å²) in [5.74, 6) is -0.324. The molecule has 1 aromatic carbocycles. The van der Waals surface area contributed by atoms with E-state index in [4.69, 9.17) is 4.74 Å². The minimum absolute atomic E-state index is 0.105. The van der Waals surface area contributed by atoms with Crippen LogP contribution in [-0.4, -0.2) is 30.4 Å². The summed E-state index contributed by atoms with van der Waals surface area (Å²) in [5, 5.41) is 16.0. The quantitative estimate of drug-likeness (QED) is 0.637. The minimum Gasteiger partial charge on any atom is -0.494 e. The van der Waals surface area contributed by atoms with E-state index in [0.717, 1.165) is 0 Å². The van der Waals surface area contributed by atoms with Crippen LogP contribution in [0.5, 0.6) is 5.75 Å². The van der Waals surface area contributed by atoms with Crippen molar-refractivity contribution in [3.8, 4) is 5.75 Å². The number of nitro groups is 1. The largest absolute Gasteiger partial charge is 0.494 e. The highest BCUT2D eigenvalue weighted by molar-refractivity contribution is 6.00. The molecule has 2 amide bonds. The molecule has 8 nitrogen and oxygen atoms in total. The molecule has 1 aliphatic heterocycles. The molecule has 2 rings (SSSR count). The Labute approximate surface area is 120 Å². The SMILES string of the molecule is COc1cc([N+](=O)[O-])ccc1NC(=O)C1(C)CNC(=O)C1. The molecule has 1 saturated heterocycles. The number of methoxy groups -OCH3 is 1. The van der Waals surface area contributed by atoms with Crippen LogP contribution in [0.4, 0.5) is 11.4 Å². The Morgan fingerprint density at radius 1 is 1.52 bits per heavy atom. The Morgan fingerprint density at radius 2 is 2.24 bits per heavy atom. The molecule has 21 heavy (non-hydrogen) atoms. The maximum atomic E-state index is 12.3. The molecular formula is C13H15N3O5. The number of non-ortho nitro benzene ring substituents is 1. The average molecular weight is 293 g/mol. The van der Waals surface area contributed by atoms with Crippen molar-refractivity contribution in [1.29, 1.82) is 0 Å². The number of carbonyl (C=O) groups is 2. The second-order valence-corrected chi connectivity index (χ2v) is 5.11. The van der Waals surface area contributed by atoms with Crippen molar-refractivity contribution in [3.05, 3.63) is 28.3 Å². The number of nitro benzene ring substituents is 1. The van der Waals surface area contributed by atoms with Gasteiger partial charge in [-0.25, -0.2) is 0 Å². The van der Waals surface area contributed by atoms with Gasteiger partial charge in [0.05, 0.1) is 29.2 Å². The zero-order valence-electron chi connectivity index (χ0n) is 11.6. The number of nitrogens with one attached hydrogen (secondary N) is 2. The Hall–Kier alpha value is -2.64. The molecule has 2 N–H and O–H groups in total. The second-order valence-electron chi connectivity index (χ2n) is 5.11. The monoisotopic (exact) mass is 293 g/mol. The molecule has 1 heterocycles. The van der Waals surface area contributed by atoms with Gasteiger partial charge in [0, 0.05) is 19.0 Å². The number of hydrogen-bond acceptors (Lipinski definition) is 5. The van der Waals surface area contributed by atoms with Crippen LogP contribution in [0.1, 0.15) is 13.3 Å². The van der Waals surface area contributed by atoms with Crippen LogP contribution in [0.15, 0.2) is 18.2 Å². The van der Waals surface area contributed by atoms with Gasteiger partial charge in [-0.1, -0.05) is 0 Å². The van der Waals surface area contributed by atoms with Gasteiger partial charge < -0.3 is 15.4 Å². The van der Waals surface area contributed by atoms with E-state index in [1.54, 1.807) is 6.92 Å². The van der Waals surface area contributed by atoms with E-state index in [1.807, 2.05) is 0 Å². The van der Waals surface area contributed by atoms with E-state index in [0.29, 0.717) is 5.69 Å². The fourth-order valence-corrected chi connectivity index (χ4v) is 2.10. The Kier molecular flexibility index (Phi) is 3.79. The summed E-state index contributed by atoms with van der Waals surface area (Å²) in [6.45, 7) is 1.94. The van der Waals surface area contributed by atoms with Crippen LogP contribution >= 0.6 is 0 Å². The van der Waals surface area contributed by atoms with Crippen LogP contribution in [-0.2, 0) is 9.59 Å². The molecule has 0 spiro atoms. The highest BCUT2D eigenvalue weighted by atomic mass is 16.6. The molecule has 0 radical (unpaired) electrons. The zero-order chi connectivity index (χ0) is 15.6. The van der Waals surface area contributed by atoms with Crippen molar-refractivity contribution in [1.82, 2.24) is 5.32 Å². The molecule has 1 aromatic rings. The van der Waals surface area contributed by atoms with Crippen LogP contribution in [0, 0.1) is 15.5 Å². The fourth-order valence-electron chi connectivity index (χ4n) is 2.10. The number of nitrogens with zero attached hydrogens (tertiary/aromatic N) is 1. The van der Waals surface area contributed by atoms with Crippen molar-refractivity contribution >= 4 is 23.2 Å². The molecule has 112 valence electrons. The van der Waals surface area contributed by atoms with E-state index in [-0.39, 0.29) is 36.2 Å². The van der Waals surface area contributed by atoms with E-state index in [9.17, 15) is 19.7 Å². The summed E-state index contributed by atoms with van der Waals surface area (Å²) in [5.41, 5.74) is -0.647. The zero-order valence-corrected chi connectivity index (χ0v) is 11.6. The first kappa shape index (κ1) is 14.8. The molecule has 0 aliphatic carbocycles. The molecule has 0 bridgehead atoms. The highest BCUT2D eigenvalue weighted by Gasteiger charge is 2.41.